The Morgan fingerprint density at radius 2 is 1.76 bits per heavy atom. The largest absolute Gasteiger partial charge is 0.293 e. The van der Waals surface area contributed by atoms with Crippen molar-refractivity contribution in [2.45, 2.75) is 6.42 Å². The number of halogens is 2. The molecule has 0 heterocycles. The lowest BCUT2D eigenvalue weighted by Crippen LogP contribution is -2.05. The molecule has 4 nitrogen and oxygen atoms in total. The van der Waals surface area contributed by atoms with Crippen LogP contribution in [-0.2, 0) is 0 Å². The van der Waals surface area contributed by atoms with Crippen LogP contribution in [0.4, 0.5) is 20.2 Å². The first-order valence-electron chi connectivity index (χ1n) is 4.23. The summed E-state index contributed by atoms with van der Waals surface area (Å²) < 4.78 is 27.1. The lowest BCUT2D eigenvalue weighted by Gasteiger charge is -2.05. The molecule has 0 aliphatic rings. The van der Waals surface area contributed by atoms with E-state index in [-0.39, 0.29) is 0 Å². The van der Waals surface area contributed by atoms with Crippen LogP contribution in [0.5, 0.6) is 0 Å². The van der Waals surface area contributed by atoms with E-state index < -0.39 is 40.8 Å². The van der Waals surface area contributed by atoms with E-state index in [1.54, 1.807) is 0 Å². The fraction of sp³-hybridized carbons (Fsp3) is 0.0909. The average Bonchev–Trinajstić information content (AvgIpc) is 2.30. The molecular weight excluding hydrogens is 228 g/mol. The summed E-state index contributed by atoms with van der Waals surface area (Å²) >= 11 is 0. The van der Waals surface area contributed by atoms with Gasteiger partial charge in [-0.2, -0.15) is 5.26 Å². The van der Waals surface area contributed by atoms with Gasteiger partial charge in [0.05, 0.1) is 31.2 Å². The topological polar surface area (TPSA) is 49.6 Å². The van der Waals surface area contributed by atoms with Crippen LogP contribution in [0.25, 0.3) is 9.69 Å². The zero-order valence-electron chi connectivity index (χ0n) is 8.29. The number of nitriles is 1. The van der Waals surface area contributed by atoms with E-state index in [1.807, 2.05) is 0 Å². The van der Waals surface area contributed by atoms with Crippen molar-refractivity contribution < 1.29 is 13.6 Å². The summed E-state index contributed by atoms with van der Waals surface area (Å²) in [5.41, 5.74) is -2.22. The predicted octanol–water partition coefficient (Wildman–Crippen LogP) is 3.16. The monoisotopic (exact) mass is 231 g/mol. The van der Waals surface area contributed by atoms with Gasteiger partial charge in [-0.25, -0.2) is 18.5 Å². The maximum absolute atomic E-state index is 13.5. The highest BCUT2D eigenvalue weighted by atomic mass is 19.1. The molecule has 0 aliphatic heterocycles. The lowest BCUT2D eigenvalue weighted by atomic mass is 10.0. The fourth-order valence-corrected chi connectivity index (χ4v) is 1.18. The standard InChI is InChI=1S/C11H3F2N3O/c1-15-6-5-7(16-2)11(13)9(10(6)12)8(17)3-4-14/h5H,3H2. The van der Waals surface area contributed by atoms with Crippen molar-refractivity contribution in [2.24, 2.45) is 0 Å². The van der Waals surface area contributed by atoms with E-state index in [4.69, 9.17) is 18.4 Å². The van der Waals surface area contributed by atoms with E-state index >= 15 is 0 Å². The Labute approximate surface area is 95.3 Å². The molecule has 0 atom stereocenters. The lowest BCUT2D eigenvalue weighted by molar-refractivity contribution is 0.0990. The highest BCUT2D eigenvalue weighted by Crippen LogP contribution is 2.32. The number of carbonyl (C=O) groups excluding carboxylic acids is 1. The number of benzene rings is 1. The van der Waals surface area contributed by atoms with E-state index in [2.05, 4.69) is 9.69 Å². The molecule has 0 unspecified atom stereocenters. The zero-order chi connectivity index (χ0) is 13.0. The average molecular weight is 231 g/mol. The van der Waals surface area contributed by atoms with Crippen LogP contribution in [0, 0.1) is 36.1 Å². The third kappa shape index (κ3) is 2.09. The Bertz CT molecular complexity index is 579. The van der Waals surface area contributed by atoms with Gasteiger partial charge in [-0.15, -0.1) is 0 Å². The molecule has 0 saturated heterocycles. The first kappa shape index (κ1) is 12.3. The van der Waals surface area contributed by atoms with Crippen LogP contribution in [0.1, 0.15) is 16.8 Å². The van der Waals surface area contributed by atoms with Crippen molar-refractivity contribution in [1.82, 2.24) is 0 Å². The van der Waals surface area contributed by atoms with Gasteiger partial charge in [0.25, 0.3) is 0 Å². The van der Waals surface area contributed by atoms with Crippen LogP contribution < -0.4 is 0 Å². The highest BCUT2D eigenvalue weighted by molar-refractivity contribution is 6.00. The summed E-state index contributed by atoms with van der Waals surface area (Å²) in [6.07, 6.45) is -0.716. The number of rotatable bonds is 2. The molecule has 17 heavy (non-hydrogen) atoms. The number of ketones is 1. The van der Waals surface area contributed by atoms with Crippen molar-refractivity contribution >= 4 is 17.2 Å². The third-order valence-electron chi connectivity index (χ3n) is 1.92. The van der Waals surface area contributed by atoms with Gasteiger partial charge in [0.2, 0.25) is 11.4 Å². The molecular formula is C11H3F2N3O. The molecule has 0 amide bonds. The summed E-state index contributed by atoms with van der Waals surface area (Å²) in [5.74, 6) is -3.74. The van der Waals surface area contributed by atoms with Gasteiger partial charge in [-0.3, -0.25) is 4.79 Å². The van der Waals surface area contributed by atoms with Gasteiger partial charge >= 0.3 is 0 Å². The van der Waals surface area contributed by atoms with E-state index in [0.717, 1.165) is 6.07 Å². The molecule has 0 aliphatic carbocycles. The van der Waals surface area contributed by atoms with Gasteiger partial charge < -0.3 is 0 Å². The van der Waals surface area contributed by atoms with Crippen LogP contribution in [0.15, 0.2) is 6.07 Å². The quantitative estimate of drug-likeness (QED) is 0.579. The van der Waals surface area contributed by atoms with Gasteiger partial charge in [0.1, 0.15) is 11.6 Å². The van der Waals surface area contributed by atoms with Crippen LogP contribution in [0.2, 0.25) is 0 Å². The Kier molecular flexibility index (Phi) is 3.49. The Balaban J connectivity index is 3.60. The van der Waals surface area contributed by atoms with Gasteiger partial charge in [-0.1, -0.05) is 0 Å². The number of Topliss-reactive ketones (excluding diaryl/α,β-unsaturated/α-hetero) is 1. The first-order valence-corrected chi connectivity index (χ1v) is 4.23. The van der Waals surface area contributed by atoms with Crippen molar-refractivity contribution in [1.29, 1.82) is 5.26 Å². The Morgan fingerprint density at radius 1 is 1.29 bits per heavy atom. The predicted molar refractivity (Wildman–Crippen MR) is 53.4 cm³/mol. The minimum Gasteiger partial charge on any atom is -0.293 e. The second kappa shape index (κ2) is 4.83. The number of hydrogen-bond acceptors (Lipinski definition) is 2. The minimum absolute atomic E-state index is 0.612. The highest BCUT2D eigenvalue weighted by Gasteiger charge is 2.23. The number of nitrogens with zero attached hydrogens (tertiary/aromatic N) is 3. The molecule has 0 bridgehead atoms. The van der Waals surface area contributed by atoms with Gasteiger partial charge in [0, 0.05) is 0 Å². The zero-order valence-corrected chi connectivity index (χ0v) is 8.29. The maximum atomic E-state index is 13.5. The Morgan fingerprint density at radius 3 is 2.12 bits per heavy atom. The summed E-state index contributed by atoms with van der Waals surface area (Å²) in [6, 6.07) is 2.19. The van der Waals surface area contributed by atoms with E-state index in [1.165, 1.54) is 6.07 Å². The van der Waals surface area contributed by atoms with Crippen LogP contribution in [0.3, 0.4) is 0 Å². The normalized spacial score (nSPS) is 8.88. The smallest absolute Gasteiger partial charge is 0.213 e. The third-order valence-corrected chi connectivity index (χ3v) is 1.92. The second-order valence-corrected chi connectivity index (χ2v) is 2.90. The van der Waals surface area contributed by atoms with E-state index in [0.29, 0.717) is 0 Å². The minimum atomic E-state index is -1.33. The fourth-order valence-electron chi connectivity index (χ4n) is 1.18. The number of carbonyl (C=O) groups is 1. The van der Waals surface area contributed by atoms with Gasteiger partial charge in [0.15, 0.2) is 5.78 Å². The van der Waals surface area contributed by atoms with Crippen LogP contribution >= 0.6 is 0 Å². The summed E-state index contributed by atoms with van der Waals surface area (Å²) in [4.78, 5) is 16.8. The molecule has 0 N–H and O–H groups in total. The van der Waals surface area contributed by atoms with Gasteiger partial charge in [-0.05, 0) is 6.07 Å². The second-order valence-electron chi connectivity index (χ2n) is 2.90. The molecule has 0 radical (unpaired) electrons. The van der Waals surface area contributed by atoms with Crippen LogP contribution in [-0.4, -0.2) is 5.78 Å². The molecule has 82 valence electrons. The molecule has 1 aromatic carbocycles. The van der Waals surface area contributed by atoms with Crippen molar-refractivity contribution in [3.63, 3.8) is 0 Å². The molecule has 1 aromatic rings. The SMILES string of the molecule is [C-]#[N+]c1cc([N+]#[C-])c(F)c(C(=O)CC#N)c1F. The Hall–Kier alpha value is -2.78. The molecule has 0 aromatic heterocycles. The first-order chi connectivity index (χ1) is 8.06. The molecule has 0 fully saturated rings. The number of hydrogen-bond donors (Lipinski definition) is 0. The van der Waals surface area contributed by atoms with E-state index in [9.17, 15) is 13.6 Å². The maximum Gasteiger partial charge on any atom is 0.213 e. The summed E-state index contributed by atoms with van der Waals surface area (Å²) in [6.45, 7) is 13.3. The molecule has 0 saturated carbocycles. The summed E-state index contributed by atoms with van der Waals surface area (Å²) in [5, 5.41) is 8.30. The van der Waals surface area contributed by atoms with Crippen molar-refractivity contribution in [3.05, 3.63) is 46.1 Å². The van der Waals surface area contributed by atoms with Crippen molar-refractivity contribution in [2.75, 3.05) is 0 Å². The molecule has 0 spiro atoms. The van der Waals surface area contributed by atoms with Crippen molar-refractivity contribution in [3.8, 4) is 6.07 Å². The molecule has 6 heteroatoms. The summed E-state index contributed by atoms with van der Waals surface area (Å²) in [7, 11) is 0. The molecule has 1 rings (SSSR count).